The quantitative estimate of drug-likeness (QED) is 0.105. The molecule has 0 saturated carbocycles. The van der Waals surface area contributed by atoms with E-state index in [0.717, 1.165) is 0 Å². The van der Waals surface area contributed by atoms with Crippen molar-refractivity contribution >= 4 is 35.3 Å². The van der Waals surface area contributed by atoms with Gasteiger partial charge in [-0.15, -0.1) is 11.3 Å². The number of hydrogen-bond donors (Lipinski definition) is 4. The molecule has 1 aromatic heterocycles. The second-order valence-electron chi connectivity index (χ2n) is 6.21. The van der Waals surface area contributed by atoms with E-state index in [-0.39, 0.29) is 24.7 Å². The van der Waals surface area contributed by atoms with Crippen LogP contribution in [-0.2, 0) is 9.59 Å². The van der Waals surface area contributed by atoms with Crippen molar-refractivity contribution in [2.24, 2.45) is 10.9 Å². The Morgan fingerprint density at radius 1 is 1.56 bits per heavy atom. The summed E-state index contributed by atoms with van der Waals surface area (Å²) < 4.78 is 0. The van der Waals surface area contributed by atoms with Gasteiger partial charge in [0.15, 0.2) is 5.01 Å². The molecule has 3 atom stereocenters. The van der Waals surface area contributed by atoms with E-state index in [9.17, 15) is 19.5 Å². The van der Waals surface area contributed by atoms with Crippen LogP contribution in [0.4, 0.5) is 0 Å². The third-order valence-electron chi connectivity index (χ3n) is 4.24. The molecule has 27 heavy (non-hydrogen) atoms. The van der Waals surface area contributed by atoms with Gasteiger partial charge in [0.1, 0.15) is 12.4 Å². The molecule has 2 heterocycles. The Hall–Kier alpha value is -2.53. The summed E-state index contributed by atoms with van der Waals surface area (Å²) in [5, 5.41) is 20.7. The zero-order valence-electron chi connectivity index (χ0n) is 15.0. The predicted molar refractivity (Wildman–Crippen MR) is 100 cm³/mol. The number of Topliss-reactive ketones (excluding diaryl/α,β-unsaturated/α-hetero) is 1. The number of hydrogen-bond acceptors (Lipinski definition) is 8. The Kier molecular flexibility index (Phi) is 7.67. The summed E-state index contributed by atoms with van der Waals surface area (Å²) in [5.41, 5.74) is 0. The minimum Gasteiger partial charge on any atom is -0.391 e. The molecule has 1 aliphatic heterocycles. The van der Waals surface area contributed by atoms with Crippen LogP contribution in [0.1, 0.15) is 36.0 Å². The topological polar surface area (TPSA) is 150 Å². The fourth-order valence-corrected chi connectivity index (χ4v) is 3.60. The van der Waals surface area contributed by atoms with Crippen LogP contribution < -0.4 is 16.5 Å². The van der Waals surface area contributed by atoms with Gasteiger partial charge in [0.25, 0.3) is 0 Å². The molecule has 11 heteroatoms. The Bertz CT molecular complexity index is 680. The lowest BCUT2D eigenvalue weighted by Crippen LogP contribution is -2.50. The van der Waals surface area contributed by atoms with E-state index in [1.807, 2.05) is 0 Å². The zero-order chi connectivity index (χ0) is 19.8. The Labute approximate surface area is 160 Å². The van der Waals surface area contributed by atoms with Gasteiger partial charge in [-0.3, -0.25) is 14.4 Å². The fourth-order valence-electron chi connectivity index (χ4n) is 2.97. The lowest BCUT2D eigenvalue weighted by atomic mass is 10.1. The summed E-state index contributed by atoms with van der Waals surface area (Å²) in [6.07, 6.45) is 3.24. The first kappa shape index (κ1) is 20.8. The molecule has 0 aromatic carbocycles. The third kappa shape index (κ3) is 5.73. The minimum absolute atomic E-state index is 0.112. The van der Waals surface area contributed by atoms with Crippen molar-refractivity contribution in [1.82, 2.24) is 20.5 Å². The number of likely N-dealkylation sites (tertiary alicyclic amines) is 1. The second-order valence-corrected chi connectivity index (χ2v) is 7.11. The maximum atomic E-state index is 12.7. The molecule has 1 fully saturated rings. The number of aromatic nitrogens is 1. The molecule has 2 amide bonds. The molecule has 1 aliphatic rings. The average Bonchev–Trinajstić information content (AvgIpc) is 3.29. The van der Waals surface area contributed by atoms with Crippen LogP contribution in [0.3, 0.4) is 0 Å². The molecule has 10 nitrogen and oxygen atoms in total. The van der Waals surface area contributed by atoms with E-state index < -0.39 is 24.1 Å². The minimum atomic E-state index is -0.786. The molecule has 1 aromatic rings. The lowest BCUT2D eigenvalue weighted by molar-refractivity contribution is -0.137. The van der Waals surface area contributed by atoms with Gasteiger partial charge in [0, 0.05) is 38.0 Å². The van der Waals surface area contributed by atoms with E-state index in [4.69, 9.17) is 5.84 Å². The van der Waals surface area contributed by atoms with Gasteiger partial charge in [0.2, 0.25) is 17.6 Å². The molecule has 0 spiro atoms. The SMILES string of the molecule is CC(=O)N1C[C@H](O)C[C@H]1C(=O)NC(CCCNC=NN)C(=O)c1nccs1. The molecule has 2 rings (SSSR count). The highest BCUT2D eigenvalue weighted by atomic mass is 32.1. The van der Waals surface area contributed by atoms with Crippen molar-refractivity contribution in [2.45, 2.75) is 44.4 Å². The number of nitrogens with one attached hydrogen (secondary N) is 2. The van der Waals surface area contributed by atoms with Crippen LogP contribution in [0, 0.1) is 0 Å². The van der Waals surface area contributed by atoms with Crippen LogP contribution in [0.15, 0.2) is 16.7 Å². The third-order valence-corrected chi connectivity index (χ3v) is 5.03. The largest absolute Gasteiger partial charge is 0.391 e. The van der Waals surface area contributed by atoms with Crippen molar-refractivity contribution in [2.75, 3.05) is 13.1 Å². The van der Waals surface area contributed by atoms with Crippen molar-refractivity contribution in [3.8, 4) is 0 Å². The molecule has 0 radical (unpaired) electrons. The summed E-state index contributed by atoms with van der Waals surface area (Å²) in [6.45, 7) is 1.99. The average molecular weight is 396 g/mol. The standard InChI is InChI=1S/C16H24N6O4S/c1-10(23)22-8-11(24)7-13(22)15(26)21-12(3-2-4-18-9-20-17)14(25)16-19-5-6-27-16/h5-6,9,11-13,24H,2-4,7-8,17H2,1H3,(H,18,20)(H,21,26)/t11-,12?,13+/m1/s1. The predicted octanol–water partition coefficient (Wildman–Crippen LogP) is -0.936. The molecule has 0 aliphatic carbocycles. The zero-order valence-corrected chi connectivity index (χ0v) is 15.8. The maximum absolute atomic E-state index is 12.7. The number of nitrogens with zero attached hydrogens (tertiary/aromatic N) is 3. The molecule has 1 unspecified atom stereocenters. The number of hydrazone groups is 1. The van der Waals surface area contributed by atoms with E-state index in [0.29, 0.717) is 24.4 Å². The second kappa shape index (κ2) is 9.97. The molecular formula is C16H24N6O4S. The summed E-state index contributed by atoms with van der Waals surface area (Å²) >= 11 is 1.20. The highest BCUT2D eigenvalue weighted by molar-refractivity contribution is 7.11. The van der Waals surface area contributed by atoms with Gasteiger partial charge in [-0.25, -0.2) is 4.98 Å². The molecule has 5 N–H and O–H groups in total. The van der Waals surface area contributed by atoms with Gasteiger partial charge in [-0.2, -0.15) is 5.10 Å². The first-order valence-electron chi connectivity index (χ1n) is 8.58. The van der Waals surface area contributed by atoms with Gasteiger partial charge < -0.3 is 26.5 Å². The number of nitrogens with two attached hydrogens (primary N) is 1. The smallest absolute Gasteiger partial charge is 0.243 e. The number of amides is 2. The molecule has 1 saturated heterocycles. The summed E-state index contributed by atoms with van der Waals surface area (Å²) in [5.74, 6) is 3.98. The van der Waals surface area contributed by atoms with Crippen molar-refractivity contribution in [1.29, 1.82) is 0 Å². The van der Waals surface area contributed by atoms with Crippen molar-refractivity contribution < 1.29 is 19.5 Å². The first-order chi connectivity index (χ1) is 12.9. The van der Waals surface area contributed by atoms with E-state index in [2.05, 4.69) is 20.7 Å². The Balaban J connectivity index is 2.04. The van der Waals surface area contributed by atoms with Crippen LogP contribution in [0.2, 0.25) is 0 Å². The van der Waals surface area contributed by atoms with Crippen LogP contribution >= 0.6 is 11.3 Å². The van der Waals surface area contributed by atoms with Crippen molar-refractivity contribution in [3.63, 3.8) is 0 Å². The summed E-state index contributed by atoms with van der Waals surface area (Å²) in [4.78, 5) is 42.4. The van der Waals surface area contributed by atoms with E-state index in [1.54, 1.807) is 5.38 Å². The number of ketones is 1. The lowest BCUT2D eigenvalue weighted by Gasteiger charge is -2.24. The van der Waals surface area contributed by atoms with Gasteiger partial charge in [0.05, 0.1) is 12.1 Å². The Morgan fingerprint density at radius 3 is 2.96 bits per heavy atom. The van der Waals surface area contributed by atoms with E-state index >= 15 is 0 Å². The van der Waals surface area contributed by atoms with E-state index in [1.165, 1.54) is 35.7 Å². The molecule has 148 valence electrons. The number of carbonyl (C=O) groups is 3. The van der Waals surface area contributed by atoms with Gasteiger partial charge >= 0.3 is 0 Å². The molecular weight excluding hydrogens is 372 g/mol. The number of carbonyl (C=O) groups excluding carboxylic acids is 3. The molecule has 0 bridgehead atoms. The number of β-amino-alcohol motifs (C(OH)–C–C–N with tert-alkyl or cyclic N) is 1. The number of rotatable bonds is 9. The van der Waals surface area contributed by atoms with Gasteiger partial charge in [-0.05, 0) is 12.8 Å². The van der Waals surface area contributed by atoms with Crippen LogP contribution in [0.25, 0.3) is 0 Å². The number of aliphatic hydroxyl groups is 1. The Morgan fingerprint density at radius 2 is 2.33 bits per heavy atom. The number of aliphatic hydroxyl groups excluding tert-OH is 1. The first-order valence-corrected chi connectivity index (χ1v) is 9.46. The normalized spacial score (nSPS) is 20.6. The highest BCUT2D eigenvalue weighted by Gasteiger charge is 2.38. The fraction of sp³-hybridized carbons (Fsp3) is 0.562. The highest BCUT2D eigenvalue weighted by Crippen LogP contribution is 2.19. The monoisotopic (exact) mass is 396 g/mol. The van der Waals surface area contributed by atoms with Crippen LogP contribution in [-0.4, -0.2) is 70.2 Å². The van der Waals surface area contributed by atoms with Crippen molar-refractivity contribution in [3.05, 3.63) is 16.6 Å². The van der Waals surface area contributed by atoms with Gasteiger partial charge in [-0.1, -0.05) is 0 Å². The maximum Gasteiger partial charge on any atom is 0.243 e. The summed E-state index contributed by atoms with van der Waals surface area (Å²) in [6, 6.07) is -1.56. The summed E-state index contributed by atoms with van der Waals surface area (Å²) in [7, 11) is 0. The van der Waals surface area contributed by atoms with Crippen LogP contribution in [0.5, 0.6) is 0 Å². The number of thiazole rings is 1.